The molecule has 0 aliphatic carbocycles. The van der Waals surface area contributed by atoms with E-state index in [-0.39, 0.29) is 23.8 Å². The van der Waals surface area contributed by atoms with Gasteiger partial charge in [-0.2, -0.15) is 0 Å². The topological polar surface area (TPSA) is 67.4 Å². The fourth-order valence-electron chi connectivity index (χ4n) is 2.90. The second kappa shape index (κ2) is 7.83. The lowest BCUT2D eigenvalue weighted by atomic mass is 9.95. The van der Waals surface area contributed by atoms with E-state index in [1.165, 1.54) is 11.8 Å². The van der Waals surface area contributed by atoms with Crippen LogP contribution in [-0.2, 0) is 4.79 Å². The van der Waals surface area contributed by atoms with Crippen molar-refractivity contribution in [2.24, 2.45) is 5.92 Å². The molecule has 2 aromatic carbocycles. The molecular formula is C20H22N2O3S. The van der Waals surface area contributed by atoms with Gasteiger partial charge in [0.1, 0.15) is 5.75 Å². The van der Waals surface area contributed by atoms with Crippen LogP contribution in [0.1, 0.15) is 35.8 Å². The van der Waals surface area contributed by atoms with E-state index >= 15 is 0 Å². The second-order valence-electron chi connectivity index (χ2n) is 6.52. The van der Waals surface area contributed by atoms with E-state index in [4.69, 9.17) is 4.74 Å². The SMILES string of the molecule is COc1ccc(C(NC(=O)c2ccc3c(c2)NC(=O)CS3)C(C)C)cc1. The summed E-state index contributed by atoms with van der Waals surface area (Å²) in [5.41, 5.74) is 2.26. The minimum absolute atomic E-state index is 0.0432. The predicted molar refractivity (Wildman–Crippen MR) is 104 cm³/mol. The Bertz CT molecular complexity index is 818. The van der Waals surface area contributed by atoms with Crippen molar-refractivity contribution < 1.29 is 14.3 Å². The largest absolute Gasteiger partial charge is 0.497 e. The third-order valence-electron chi connectivity index (χ3n) is 4.30. The molecule has 1 aliphatic rings. The number of hydrogen-bond acceptors (Lipinski definition) is 4. The van der Waals surface area contributed by atoms with Crippen molar-refractivity contribution in [3.8, 4) is 5.75 Å². The number of rotatable bonds is 5. The maximum atomic E-state index is 12.8. The highest BCUT2D eigenvalue weighted by Gasteiger charge is 2.21. The van der Waals surface area contributed by atoms with Crippen LogP contribution in [0.3, 0.4) is 0 Å². The van der Waals surface area contributed by atoms with E-state index in [1.807, 2.05) is 30.3 Å². The van der Waals surface area contributed by atoms with Gasteiger partial charge in [-0.3, -0.25) is 9.59 Å². The first-order valence-corrected chi connectivity index (χ1v) is 9.48. The summed E-state index contributed by atoms with van der Waals surface area (Å²) in [6.45, 7) is 4.14. The number of benzene rings is 2. The van der Waals surface area contributed by atoms with Gasteiger partial charge < -0.3 is 15.4 Å². The summed E-state index contributed by atoms with van der Waals surface area (Å²) >= 11 is 1.48. The van der Waals surface area contributed by atoms with E-state index in [0.717, 1.165) is 16.2 Å². The maximum absolute atomic E-state index is 12.8. The van der Waals surface area contributed by atoms with Gasteiger partial charge in [-0.05, 0) is 41.8 Å². The van der Waals surface area contributed by atoms with Crippen LogP contribution >= 0.6 is 11.8 Å². The zero-order chi connectivity index (χ0) is 18.7. The highest BCUT2D eigenvalue weighted by molar-refractivity contribution is 8.00. The molecule has 136 valence electrons. The van der Waals surface area contributed by atoms with Crippen LogP contribution in [0.4, 0.5) is 5.69 Å². The van der Waals surface area contributed by atoms with E-state index < -0.39 is 0 Å². The van der Waals surface area contributed by atoms with Crippen LogP contribution in [0.2, 0.25) is 0 Å². The Labute approximate surface area is 157 Å². The number of fused-ring (bicyclic) bond motifs is 1. The molecule has 0 aromatic heterocycles. The molecule has 5 nitrogen and oxygen atoms in total. The normalized spacial score (nSPS) is 14.4. The Morgan fingerprint density at radius 2 is 1.92 bits per heavy atom. The molecule has 1 aliphatic heterocycles. The van der Waals surface area contributed by atoms with Crippen molar-refractivity contribution >= 4 is 29.3 Å². The monoisotopic (exact) mass is 370 g/mol. The number of anilines is 1. The van der Waals surface area contributed by atoms with Gasteiger partial charge in [0.2, 0.25) is 5.91 Å². The Morgan fingerprint density at radius 1 is 1.19 bits per heavy atom. The second-order valence-corrected chi connectivity index (χ2v) is 7.53. The molecule has 0 fully saturated rings. The summed E-state index contributed by atoms with van der Waals surface area (Å²) in [5, 5.41) is 5.93. The van der Waals surface area contributed by atoms with Gasteiger partial charge in [-0.25, -0.2) is 0 Å². The lowest BCUT2D eigenvalue weighted by molar-refractivity contribution is -0.113. The molecule has 0 saturated carbocycles. The molecule has 26 heavy (non-hydrogen) atoms. The number of ether oxygens (including phenoxy) is 1. The van der Waals surface area contributed by atoms with Crippen molar-refractivity contribution in [2.45, 2.75) is 24.8 Å². The molecule has 0 saturated heterocycles. The van der Waals surface area contributed by atoms with Crippen LogP contribution in [0.5, 0.6) is 5.75 Å². The molecule has 6 heteroatoms. The summed E-state index contributed by atoms with van der Waals surface area (Å²) in [6.07, 6.45) is 0. The smallest absolute Gasteiger partial charge is 0.251 e. The fourth-order valence-corrected chi connectivity index (χ4v) is 3.68. The maximum Gasteiger partial charge on any atom is 0.251 e. The highest BCUT2D eigenvalue weighted by Crippen LogP contribution is 2.32. The number of carbonyl (C=O) groups is 2. The molecule has 3 rings (SSSR count). The van der Waals surface area contributed by atoms with E-state index in [1.54, 1.807) is 19.2 Å². The van der Waals surface area contributed by atoms with Crippen molar-refractivity contribution in [1.82, 2.24) is 5.32 Å². The van der Waals surface area contributed by atoms with Crippen LogP contribution < -0.4 is 15.4 Å². The standard InChI is InChI=1S/C20H22N2O3S/c1-12(2)19(13-4-7-15(25-3)8-5-13)22-20(24)14-6-9-17-16(10-14)21-18(23)11-26-17/h4-10,12,19H,11H2,1-3H3,(H,21,23)(H,22,24). The van der Waals surface area contributed by atoms with Gasteiger partial charge in [0.05, 0.1) is 24.6 Å². The molecule has 0 radical (unpaired) electrons. The molecular weight excluding hydrogens is 348 g/mol. The average Bonchev–Trinajstić information content (AvgIpc) is 2.65. The van der Waals surface area contributed by atoms with Crippen LogP contribution in [0.15, 0.2) is 47.4 Å². The molecule has 2 amide bonds. The number of hydrogen-bond donors (Lipinski definition) is 2. The number of nitrogens with one attached hydrogen (secondary N) is 2. The van der Waals surface area contributed by atoms with Crippen LogP contribution in [-0.4, -0.2) is 24.7 Å². The fraction of sp³-hybridized carbons (Fsp3) is 0.300. The van der Waals surface area contributed by atoms with Gasteiger partial charge in [-0.15, -0.1) is 11.8 Å². The Balaban J connectivity index is 1.79. The number of thioether (sulfide) groups is 1. The molecule has 1 unspecified atom stereocenters. The van der Waals surface area contributed by atoms with Crippen molar-refractivity contribution in [2.75, 3.05) is 18.2 Å². The lowest BCUT2D eigenvalue weighted by Gasteiger charge is -2.24. The Hall–Kier alpha value is -2.47. The summed E-state index contributed by atoms with van der Waals surface area (Å²) in [4.78, 5) is 25.3. The summed E-state index contributed by atoms with van der Waals surface area (Å²) in [5.74, 6) is 1.21. The Kier molecular flexibility index (Phi) is 5.52. The molecule has 1 atom stereocenters. The number of carbonyl (C=O) groups excluding carboxylic acids is 2. The summed E-state index contributed by atoms with van der Waals surface area (Å²) in [7, 11) is 1.63. The average molecular weight is 370 g/mol. The van der Waals surface area contributed by atoms with Gasteiger partial charge in [-0.1, -0.05) is 26.0 Å². The molecule has 1 heterocycles. The van der Waals surface area contributed by atoms with Crippen molar-refractivity contribution in [3.05, 3.63) is 53.6 Å². The molecule has 2 N–H and O–H groups in total. The van der Waals surface area contributed by atoms with Crippen LogP contribution in [0.25, 0.3) is 0 Å². The predicted octanol–water partition coefficient (Wildman–Crippen LogP) is 3.87. The lowest BCUT2D eigenvalue weighted by Crippen LogP contribution is -2.32. The zero-order valence-electron chi connectivity index (χ0n) is 15.0. The van der Waals surface area contributed by atoms with E-state index in [9.17, 15) is 9.59 Å². The third-order valence-corrected chi connectivity index (χ3v) is 5.38. The first-order valence-electron chi connectivity index (χ1n) is 8.49. The van der Waals surface area contributed by atoms with E-state index in [2.05, 4.69) is 24.5 Å². The van der Waals surface area contributed by atoms with Gasteiger partial charge >= 0.3 is 0 Å². The highest BCUT2D eigenvalue weighted by atomic mass is 32.2. The first-order chi connectivity index (χ1) is 12.5. The minimum atomic E-state index is -0.160. The summed E-state index contributed by atoms with van der Waals surface area (Å²) < 4.78 is 5.20. The van der Waals surface area contributed by atoms with Gasteiger partial charge in [0.25, 0.3) is 5.91 Å². The van der Waals surface area contributed by atoms with Gasteiger partial charge in [0.15, 0.2) is 0 Å². The Morgan fingerprint density at radius 3 is 2.58 bits per heavy atom. The van der Waals surface area contributed by atoms with E-state index in [0.29, 0.717) is 17.0 Å². The minimum Gasteiger partial charge on any atom is -0.497 e. The van der Waals surface area contributed by atoms with Crippen molar-refractivity contribution in [1.29, 1.82) is 0 Å². The third kappa shape index (κ3) is 4.02. The first kappa shape index (κ1) is 18.3. The summed E-state index contributed by atoms with van der Waals surface area (Å²) in [6, 6.07) is 13.0. The molecule has 2 aromatic rings. The van der Waals surface area contributed by atoms with Crippen molar-refractivity contribution in [3.63, 3.8) is 0 Å². The van der Waals surface area contributed by atoms with Crippen LogP contribution in [0, 0.1) is 5.92 Å². The quantitative estimate of drug-likeness (QED) is 0.838. The van der Waals surface area contributed by atoms with Gasteiger partial charge in [0, 0.05) is 10.5 Å². The molecule has 0 spiro atoms. The molecule has 0 bridgehead atoms. The number of amides is 2. The number of methoxy groups -OCH3 is 1. The zero-order valence-corrected chi connectivity index (χ0v) is 15.9.